The summed E-state index contributed by atoms with van der Waals surface area (Å²) in [5.41, 5.74) is 4.40. The van der Waals surface area contributed by atoms with Gasteiger partial charge in [-0.2, -0.15) is 0 Å². The number of hydrogen-bond donors (Lipinski definition) is 2. The van der Waals surface area contributed by atoms with Crippen molar-refractivity contribution in [3.63, 3.8) is 0 Å². The summed E-state index contributed by atoms with van der Waals surface area (Å²) in [5.74, 6) is -4.13. The molecule has 3 rings (SSSR count). The number of halogens is 3. The molecule has 0 aromatic heterocycles. The maximum atomic E-state index is 13.9. The molecule has 0 bridgehead atoms. The standard InChI is InChI=1S/C17H12BrF2N3O4/c18-8-1-2-13-14(3-8)27-7-16(25)23(13)6-15(24)22-12-4-9(17(21)26)10(19)5-11(12)20/h1-5H,6-7H2,(H2,21,26)(H,22,24). The number of primary amides is 1. The molecule has 1 aliphatic rings. The minimum Gasteiger partial charge on any atom is -0.482 e. The zero-order chi connectivity index (χ0) is 19.7. The second-order valence-corrected chi connectivity index (χ2v) is 6.52. The van der Waals surface area contributed by atoms with E-state index in [-0.39, 0.29) is 6.61 Å². The quantitative estimate of drug-likeness (QED) is 0.761. The van der Waals surface area contributed by atoms with E-state index in [4.69, 9.17) is 10.5 Å². The van der Waals surface area contributed by atoms with E-state index in [1.54, 1.807) is 18.2 Å². The smallest absolute Gasteiger partial charge is 0.265 e. The first-order valence-electron chi connectivity index (χ1n) is 7.57. The van der Waals surface area contributed by atoms with Crippen molar-refractivity contribution in [3.05, 3.63) is 52.0 Å². The van der Waals surface area contributed by atoms with Gasteiger partial charge in [-0.25, -0.2) is 8.78 Å². The highest BCUT2D eigenvalue weighted by Gasteiger charge is 2.28. The summed E-state index contributed by atoms with van der Waals surface area (Å²) >= 11 is 3.28. The Hall–Kier alpha value is -3.01. The van der Waals surface area contributed by atoms with Gasteiger partial charge in [-0.3, -0.25) is 19.3 Å². The largest absolute Gasteiger partial charge is 0.482 e. The van der Waals surface area contributed by atoms with Crippen LogP contribution >= 0.6 is 15.9 Å². The lowest BCUT2D eigenvalue weighted by Gasteiger charge is -2.29. The van der Waals surface area contributed by atoms with Gasteiger partial charge >= 0.3 is 0 Å². The van der Waals surface area contributed by atoms with Gasteiger partial charge in [0.25, 0.3) is 11.8 Å². The number of anilines is 2. The SMILES string of the molecule is NC(=O)c1cc(NC(=O)CN2C(=O)COc3cc(Br)ccc32)c(F)cc1F. The second-order valence-electron chi connectivity index (χ2n) is 5.60. The molecule has 2 aromatic carbocycles. The van der Waals surface area contributed by atoms with Crippen LogP contribution in [0, 0.1) is 11.6 Å². The maximum Gasteiger partial charge on any atom is 0.265 e. The molecule has 0 saturated heterocycles. The highest BCUT2D eigenvalue weighted by molar-refractivity contribution is 9.10. The van der Waals surface area contributed by atoms with E-state index < -0.39 is 47.2 Å². The average molecular weight is 440 g/mol. The van der Waals surface area contributed by atoms with Crippen molar-refractivity contribution < 1.29 is 27.9 Å². The van der Waals surface area contributed by atoms with Crippen molar-refractivity contribution in [2.75, 3.05) is 23.4 Å². The summed E-state index contributed by atoms with van der Waals surface area (Å²) in [5, 5.41) is 2.21. The van der Waals surface area contributed by atoms with Crippen molar-refractivity contribution in [1.82, 2.24) is 0 Å². The van der Waals surface area contributed by atoms with Gasteiger partial charge in [0.15, 0.2) is 6.61 Å². The molecule has 2 aromatic rings. The van der Waals surface area contributed by atoms with Gasteiger partial charge in [-0.05, 0) is 24.3 Å². The molecule has 0 aliphatic carbocycles. The van der Waals surface area contributed by atoms with E-state index in [1.807, 2.05) is 0 Å². The van der Waals surface area contributed by atoms with Crippen molar-refractivity contribution in [2.45, 2.75) is 0 Å². The van der Waals surface area contributed by atoms with Gasteiger partial charge in [-0.15, -0.1) is 0 Å². The molecule has 0 saturated carbocycles. The topological polar surface area (TPSA) is 102 Å². The first kappa shape index (κ1) is 18.8. The number of rotatable bonds is 4. The van der Waals surface area contributed by atoms with Crippen molar-refractivity contribution >= 4 is 45.0 Å². The van der Waals surface area contributed by atoms with Crippen LogP contribution in [0.15, 0.2) is 34.8 Å². The predicted molar refractivity (Wildman–Crippen MR) is 95.5 cm³/mol. The number of nitrogens with zero attached hydrogens (tertiary/aromatic N) is 1. The first-order valence-corrected chi connectivity index (χ1v) is 8.37. The second kappa shape index (κ2) is 7.31. The molecular weight excluding hydrogens is 428 g/mol. The Labute approximate surface area is 160 Å². The number of nitrogens with two attached hydrogens (primary N) is 1. The molecule has 0 fully saturated rings. The van der Waals surface area contributed by atoms with E-state index in [0.717, 1.165) is 10.5 Å². The lowest BCUT2D eigenvalue weighted by Crippen LogP contribution is -2.43. The predicted octanol–water partition coefficient (Wildman–Crippen LogP) is 2.19. The highest BCUT2D eigenvalue weighted by Crippen LogP contribution is 2.34. The molecule has 7 nitrogen and oxygen atoms in total. The summed E-state index contributed by atoms with van der Waals surface area (Å²) < 4.78 is 33.4. The fourth-order valence-electron chi connectivity index (χ4n) is 2.52. The number of benzene rings is 2. The molecule has 0 radical (unpaired) electrons. The number of amides is 3. The molecule has 1 heterocycles. The molecule has 0 atom stereocenters. The lowest BCUT2D eigenvalue weighted by molar-refractivity contribution is -0.123. The monoisotopic (exact) mass is 439 g/mol. The average Bonchev–Trinajstić information content (AvgIpc) is 2.59. The molecule has 1 aliphatic heterocycles. The van der Waals surface area contributed by atoms with Crippen molar-refractivity contribution in [1.29, 1.82) is 0 Å². The Balaban J connectivity index is 1.82. The van der Waals surface area contributed by atoms with Crippen LogP contribution in [0.25, 0.3) is 0 Å². The third-order valence-electron chi connectivity index (χ3n) is 3.76. The van der Waals surface area contributed by atoms with Gasteiger partial charge in [0.2, 0.25) is 5.91 Å². The minimum atomic E-state index is -1.14. The summed E-state index contributed by atoms with van der Waals surface area (Å²) in [6.07, 6.45) is 0. The van der Waals surface area contributed by atoms with Crippen LogP contribution in [0.5, 0.6) is 5.75 Å². The number of nitrogens with one attached hydrogen (secondary N) is 1. The zero-order valence-corrected chi connectivity index (χ0v) is 15.2. The molecule has 0 unspecified atom stereocenters. The number of hydrogen-bond acceptors (Lipinski definition) is 4. The van der Waals surface area contributed by atoms with E-state index in [9.17, 15) is 23.2 Å². The molecule has 3 N–H and O–H groups in total. The minimum absolute atomic E-state index is 0.256. The molecule has 10 heteroatoms. The molecule has 27 heavy (non-hydrogen) atoms. The Morgan fingerprint density at radius 1 is 1.22 bits per heavy atom. The molecular formula is C17H12BrF2N3O4. The Morgan fingerprint density at radius 2 is 1.96 bits per heavy atom. The molecule has 3 amide bonds. The van der Waals surface area contributed by atoms with E-state index in [2.05, 4.69) is 21.2 Å². The third kappa shape index (κ3) is 3.90. The van der Waals surface area contributed by atoms with E-state index in [1.165, 1.54) is 4.90 Å². The van der Waals surface area contributed by atoms with E-state index in [0.29, 0.717) is 17.5 Å². The van der Waals surface area contributed by atoms with Gasteiger partial charge in [0.1, 0.15) is 23.9 Å². The van der Waals surface area contributed by atoms with Gasteiger partial charge < -0.3 is 15.8 Å². The van der Waals surface area contributed by atoms with Crippen LogP contribution in [0.3, 0.4) is 0 Å². The zero-order valence-electron chi connectivity index (χ0n) is 13.6. The third-order valence-corrected chi connectivity index (χ3v) is 4.26. The van der Waals surface area contributed by atoms with Crippen LogP contribution in [-0.2, 0) is 9.59 Å². The maximum absolute atomic E-state index is 13.9. The highest BCUT2D eigenvalue weighted by atomic mass is 79.9. The van der Waals surface area contributed by atoms with Crippen LogP contribution in [0.2, 0.25) is 0 Å². The van der Waals surface area contributed by atoms with Crippen LogP contribution in [0.4, 0.5) is 20.2 Å². The summed E-state index contributed by atoms with van der Waals surface area (Å²) in [6.45, 7) is -0.687. The number of ether oxygens (including phenoxy) is 1. The fourth-order valence-corrected chi connectivity index (χ4v) is 2.86. The van der Waals surface area contributed by atoms with Crippen molar-refractivity contribution in [2.24, 2.45) is 5.73 Å². The van der Waals surface area contributed by atoms with Gasteiger partial charge in [0, 0.05) is 10.5 Å². The van der Waals surface area contributed by atoms with Crippen LogP contribution < -0.4 is 20.7 Å². The Kier molecular flexibility index (Phi) is 5.08. The lowest BCUT2D eigenvalue weighted by atomic mass is 10.1. The Morgan fingerprint density at radius 3 is 2.67 bits per heavy atom. The number of carbonyl (C=O) groups excluding carboxylic acids is 3. The Bertz CT molecular complexity index is 967. The normalized spacial score (nSPS) is 13.0. The first-order chi connectivity index (χ1) is 12.8. The fraction of sp³-hybridized carbons (Fsp3) is 0.118. The van der Waals surface area contributed by atoms with Gasteiger partial charge in [0.05, 0.1) is 16.9 Å². The van der Waals surface area contributed by atoms with Crippen LogP contribution in [0.1, 0.15) is 10.4 Å². The summed E-state index contributed by atoms with van der Waals surface area (Å²) in [6, 6.07) is 6.16. The molecule has 140 valence electrons. The summed E-state index contributed by atoms with van der Waals surface area (Å²) in [7, 11) is 0. The molecule has 0 spiro atoms. The van der Waals surface area contributed by atoms with Crippen molar-refractivity contribution in [3.8, 4) is 5.75 Å². The van der Waals surface area contributed by atoms with Gasteiger partial charge in [-0.1, -0.05) is 15.9 Å². The summed E-state index contributed by atoms with van der Waals surface area (Å²) in [4.78, 5) is 36.7. The van der Waals surface area contributed by atoms with Crippen LogP contribution in [-0.4, -0.2) is 30.9 Å². The van der Waals surface area contributed by atoms with E-state index >= 15 is 0 Å². The number of fused-ring (bicyclic) bond motifs is 1. The number of carbonyl (C=O) groups is 3.